The van der Waals surface area contributed by atoms with Crippen LogP contribution in [0.5, 0.6) is 0 Å². The molecule has 0 atom stereocenters. The second-order valence-electron chi connectivity index (χ2n) is 4.71. The van der Waals surface area contributed by atoms with Gasteiger partial charge in [-0.2, -0.15) is 0 Å². The molecule has 23 heavy (non-hydrogen) atoms. The Morgan fingerprint density at radius 3 is 2.87 bits per heavy atom. The summed E-state index contributed by atoms with van der Waals surface area (Å²) in [6, 6.07) is 11.3. The Labute approximate surface area is 134 Å². The maximum absolute atomic E-state index is 12.1. The Kier molecular flexibility index (Phi) is 3.90. The van der Waals surface area contributed by atoms with Gasteiger partial charge >= 0.3 is 0 Å². The van der Waals surface area contributed by atoms with Crippen molar-refractivity contribution in [3.8, 4) is 0 Å². The molecule has 3 rings (SSSR count). The summed E-state index contributed by atoms with van der Waals surface area (Å²) in [4.78, 5) is 22.3. The predicted octanol–water partition coefficient (Wildman–Crippen LogP) is 2.63. The Bertz CT molecular complexity index is 908. The highest BCUT2D eigenvalue weighted by Gasteiger charge is 2.14. The molecule has 0 saturated heterocycles. The number of nitrogens with one attached hydrogen (secondary N) is 1. The second kappa shape index (κ2) is 6.01. The number of anilines is 1. The van der Waals surface area contributed by atoms with E-state index < -0.39 is 4.92 Å². The minimum Gasteiger partial charge on any atom is -0.324 e. The maximum atomic E-state index is 12.1. The van der Waals surface area contributed by atoms with Gasteiger partial charge in [0, 0.05) is 11.8 Å². The lowest BCUT2D eigenvalue weighted by Crippen LogP contribution is -2.19. The number of rotatable bonds is 4. The van der Waals surface area contributed by atoms with Crippen LogP contribution in [0.4, 0.5) is 11.4 Å². The molecule has 0 radical (unpaired) electrons. The number of halogens is 1. The molecule has 0 fully saturated rings. The molecule has 0 saturated carbocycles. The summed E-state index contributed by atoms with van der Waals surface area (Å²) in [5, 5.41) is 21.3. The number of para-hydroxylation sites is 1. The molecule has 2 aromatic carbocycles. The topological polar surface area (TPSA) is 103 Å². The molecule has 8 nitrogen and oxygen atoms in total. The lowest BCUT2D eigenvalue weighted by Gasteiger charge is -2.06. The van der Waals surface area contributed by atoms with Gasteiger partial charge in [-0.3, -0.25) is 14.9 Å². The number of nitrogens with zero attached hydrogens (tertiary/aromatic N) is 4. The summed E-state index contributed by atoms with van der Waals surface area (Å²) in [7, 11) is 0. The van der Waals surface area contributed by atoms with Crippen molar-refractivity contribution in [1.82, 2.24) is 15.0 Å². The van der Waals surface area contributed by atoms with Gasteiger partial charge in [0.1, 0.15) is 17.1 Å². The van der Waals surface area contributed by atoms with Crippen molar-refractivity contribution >= 4 is 39.9 Å². The lowest BCUT2D eigenvalue weighted by atomic mass is 10.2. The molecule has 1 aromatic heterocycles. The number of aromatic nitrogens is 3. The van der Waals surface area contributed by atoms with Crippen LogP contribution in [0.15, 0.2) is 42.5 Å². The highest BCUT2D eigenvalue weighted by atomic mass is 35.5. The SMILES string of the molecule is O=C(Cn1nnc2ccccc21)Nc1ccc(Cl)c([N+](=O)[O-])c1. The van der Waals surface area contributed by atoms with E-state index in [4.69, 9.17) is 11.6 Å². The van der Waals surface area contributed by atoms with E-state index in [1.165, 1.54) is 22.9 Å². The summed E-state index contributed by atoms with van der Waals surface area (Å²) >= 11 is 5.73. The van der Waals surface area contributed by atoms with Crippen molar-refractivity contribution in [3.63, 3.8) is 0 Å². The van der Waals surface area contributed by atoms with E-state index >= 15 is 0 Å². The fourth-order valence-corrected chi connectivity index (χ4v) is 2.29. The molecule has 1 heterocycles. The van der Waals surface area contributed by atoms with Crippen LogP contribution in [0, 0.1) is 10.1 Å². The largest absolute Gasteiger partial charge is 0.324 e. The van der Waals surface area contributed by atoms with E-state index in [1.54, 1.807) is 12.1 Å². The maximum Gasteiger partial charge on any atom is 0.289 e. The van der Waals surface area contributed by atoms with Crippen LogP contribution in [-0.4, -0.2) is 25.8 Å². The Morgan fingerprint density at radius 2 is 2.09 bits per heavy atom. The minimum absolute atomic E-state index is 0.00951. The molecular formula is C14H10ClN5O3. The summed E-state index contributed by atoms with van der Waals surface area (Å²) < 4.78 is 1.45. The quantitative estimate of drug-likeness (QED) is 0.584. The monoisotopic (exact) mass is 331 g/mol. The Hall–Kier alpha value is -3.00. The van der Waals surface area contributed by atoms with Gasteiger partial charge in [0.2, 0.25) is 5.91 Å². The van der Waals surface area contributed by atoms with Crippen LogP contribution in [0.25, 0.3) is 11.0 Å². The van der Waals surface area contributed by atoms with Crippen molar-refractivity contribution in [3.05, 3.63) is 57.6 Å². The van der Waals surface area contributed by atoms with Crippen molar-refractivity contribution in [2.24, 2.45) is 0 Å². The van der Waals surface area contributed by atoms with Gasteiger partial charge in [-0.25, -0.2) is 4.68 Å². The van der Waals surface area contributed by atoms with Crippen molar-refractivity contribution < 1.29 is 9.72 Å². The number of hydrogen-bond acceptors (Lipinski definition) is 5. The molecule has 116 valence electrons. The van der Waals surface area contributed by atoms with Gasteiger partial charge in [-0.05, 0) is 24.3 Å². The molecule has 0 aliphatic rings. The highest BCUT2D eigenvalue weighted by Crippen LogP contribution is 2.27. The van der Waals surface area contributed by atoms with Crippen LogP contribution in [0.3, 0.4) is 0 Å². The van der Waals surface area contributed by atoms with E-state index in [-0.39, 0.29) is 28.8 Å². The second-order valence-corrected chi connectivity index (χ2v) is 5.11. The first kappa shape index (κ1) is 14.9. The molecule has 1 amide bonds. The number of fused-ring (bicyclic) bond motifs is 1. The Balaban J connectivity index is 1.77. The van der Waals surface area contributed by atoms with Crippen LogP contribution >= 0.6 is 11.6 Å². The molecule has 9 heteroatoms. The molecule has 0 spiro atoms. The van der Waals surface area contributed by atoms with Gasteiger partial charge in [0.25, 0.3) is 5.69 Å². The average Bonchev–Trinajstić information content (AvgIpc) is 2.92. The molecule has 0 aliphatic carbocycles. The average molecular weight is 332 g/mol. The van der Waals surface area contributed by atoms with Gasteiger partial charge in [0.15, 0.2) is 0 Å². The first-order chi connectivity index (χ1) is 11.0. The first-order valence-corrected chi connectivity index (χ1v) is 6.94. The normalized spacial score (nSPS) is 10.7. The summed E-state index contributed by atoms with van der Waals surface area (Å²) in [6.07, 6.45) is 0. The zero-order chi connectivity index (χ0) is 16.4. The van der Waals surface area contributed by atoms with Crippen LogP contribution in [-0.2, 0) is 11.3 Å². The summed E-state index contributed by atoms with van der Waals surface area (Å²) in [5.74, 6) is -0.378. The molecule has 0 unspecified atom stereocenters. The van der Waals surface area contributed by atoms with Crippen LogP contribution in [0.1, 0.15) is 0 Å². The van der Waals surface area contributed by atoms with E-state index in [9.17, 15) is 14.9 Å². The van der Waals surface area contributed by atoms with E-state index in [1.807, 2.05) is 12.1 Å². The number of nitro groups is 1. The van der Waals surface area contributed by atoms with Crippen molar-refractivity contribution in [2.75, 3.05) is 5.32 Å². The molecular weight excluding hydrogens is 322 g/mol. The minimum atomic E-state index is -0.608. The zero-order valence-electron chi connectivity index (χ0n) is 11.6. The number of carbonyl (C=O) groups is 1. The molecule has 3 aromatic rings. The molecule has 0 bridgehead atoms. The lowest BCUT2D eigenvalue weighted by molar-refractivity contribution is -0.384. The van der Waals surface area contributed by atoms with E-state index in [0.29, 0.717) is 5.52 Å². The zero-order valence-corrected chi connectivity index (χ0v) is 12.4. The van der Waals surface area contributed by atoms with Gasteiger partial charge < -0.3 is 5.32 Å². The number of hydrogen-bond donors (Lipinski definition) is 1. The number of benzene rings is 2. The fraction of sp³-hybridized carbons (Fsp3) is 0.0714. The summed E-state index contributed by atoms with van der Waals surface area (Å²) in [5.41, 5.74) is 1.43. The van der Waals surface area contributed by atoms with Crippen LogP contribution in [0.2, 0.25) is 5.02 Å². The smallest absolute Gasteiger partial charge is 0.289 e. The third-order valence-corrected chi connectivity index (χ3v) is 3.46. The van der Waals surface area contributed by atoms with Crippen molar-refractivity contribution in [2.45, 2.75) is 6.54 Å². The van der Waals surface area contributed by atoms with E-state index in [2.05, 4.69) is 15.6 Å². The standard InChI is InChI=1S/C14H10ClN5O3/c15-10-6-5-9(7-13(10)20(22)23)16-14(21)8-19-12-4-2-1-3-11(12)17-18-19/h1-7H,8H2,(H,16,21). The number of nitro benzene ring substituents is 1. The molecule has 0 aliphatic heterocycles. The van der Waals surface area contributed by atoms with Gasteiger partial charge in [-0.1, -0.05) is 28.9 Å². The third-order valence-electron chi connectivity index (χ3n) is 3.14. The highest BCUT2D eigenvalue weighted by molar-refractivity contribution is 6.32. The fourth-order valence-electron chi connectivity index (χ4n) is 2.10. The van der Waals surface area contributed by atoms with Gasteiger partial charge in [-0.15, -0.1) is 5.10 Å². The van der Waals surface area contributed by atoms with E-state index in [0.717, 1.165) is 5.52 Å². The third kappa shape index (κ3) is 3.11. The Morgan fingerprint density at radius 1 is 1.30 bits per heavy atom. The van der Waals surface area contributed by atoms with Crippen molar-refractivity contribution in [1.29, 1.82) is 0 Å². The predicted molar refractivity (Wildman–Crippen MR) is 84.3 cm³/mol. The first-order valence-electron chi connectivity index (χ1n) is 6.56. The molecule has 1 N–H and O–H groups in total. The number of amides is 1. The summed E-state index contributed by atoms with van der Waals surface area (Å²) in [6.45, 7) is -0.0586. The van der Waals surface area contributed by atoms with Gasteiger partial charge in [0.05, 0.1) is 10.4 Å². The van der Waals surface area contributed by atoms with Crippen LogP contribution < -0.4 is 5.32 Å². The number of carbonyl (C=O) groups excluding carboxylic acids is 1.